The molecule has 20 heavy (non-hydrogen) atoms. The summed E-state index contributed by atoms with van der Waals surface area (Å²) in [7, 11) is 0. The van der Waals surface area contributed by atoms with Gasteiger partial charge in [0.05, 0.1) is 6.61 Å². The van der Waals surface area contributed by atoms with Crippen LogP contribution in [0.1, 0.15) is 10.4 Å². The lowest BCUT2D eigenvalue weighted by molar-refractivity contribution is -0.252. The Labute approximate surface area is 115 Å². The Balaban J connectivity index is 2.07. The Bertz CT molecular complexity index is 453. The largest absolute Gasteiger partial charge is 0.394 e. The average Bonchev–Trinajstić information content (AvgIpc) is 2.48. The third-order valence-electron chi connectivity index (χ3n) is 3.23. The second-order valence-electron chi connectivity index (χ2n) is 4.59. The van der Waals surface area contributed by atoms with Crippen molar-refractivity contribution in [3.8, 4) is 0 Å². The van der Waals surface area contributed by atoms with Gasteiger partial charge < -0.3 is 30.5 Å². The highest BCUT2D eigenvalue weighted by Crippen LogP contribution is 2.20. The Hall–Kier alpha value is -1.51. The maximum atomic E-state index is 11.9. The lowest BCUT2D eigenvalue weighted by Crippen LogP contribution is -2.64. The summed E-state index contributed by atoms with van der Waals surface area (Å²) in [5, 5.41) is 40.7. The first-order chi connectivity index (χ1) is 9.54. The SMILES string of the molecule is O=C(N[C@H]1[C@H](O)[C@H](O)[C@H](CO)O[C@H]1O)c1ccccc1. The van der Waals surface area contributed by atoms with Crippen LogP contribution in [0.15, 0.2) is 30.3 Å². The molecule has 1 amide bonds. The Kier molecular flexibility index (Phi) is 4.69. The van der Waals surface area contributed by atoms with Crippen molar-refractivity contribution in [3.63, 3.8) is 0 Å². The van der Waals surface area contributed by atoms with E-state index < -0.39 is 43.2 Å². The summed E-state index contributed by atoms with van der Waals surface area (Å²) in [6, 6.07) is 7.07. The summed E-state index contributed by atoms with van der Waals surface area (Å²) < 4.78 is 4.95. The van der Waals surface area contributed by atoms with Crippen molar-refractivity contribution in [1.82, 2.24) is 5.32 Å². The molecule has 2 rings (SSSR count). The van der Waals surface area contributed by atoms with E-state index in [1.807, 2.05) is 0 Å². The third-order valence-corrected chi connectivity index (χ3v) is 3.23. The number of aliphatic hydroxyl groups excluding tert-OH is 4. The van der Waals surface area contributed by atoms with Gasteiger partial charge in [-0.1, -0.05) is 18.2 Å². The molecule has 1 aromatic carbocycles. The number of ether oxygens (including phenoxy) is 1. The second kappa shape index (κ2) is 6.29. The van der Waals surface area contributed by atoms with Crippen LogP contribution in [0.5, 0.6) is 0 Å². The van der Waals surface area contributed by atoms with E-state index in [0.717, 1.165) is 0 Å². The van der Waals surface area contributed by atoms with Gasteiger partial charge in [0.15, 0.2) is 6.29 Å². The fraction of sp³-hybridized carbons (Fsp3) is 0.462. The van der Waals surface area contributed by atoms with Gasteiger partial charge in [-0.25, -0.2) is 0 Å². The first-order valence-electron chi connectivity index (χ1n) is 6.21. The monoisotopic (exact) mass is 283 g/mol. The van der Waals surface area contributed by atoms with E-state index in [4.69, 9.17) is 9.84 Å². The molecule has 0 radical (unpaired) electrons. The van der Waals surface area contributed by atoms with Crippen molar-refractivity contribution in [1.29, 1.82) is 0 Å². The minimum Gasteiger partial charge on any atom is -0.394 e. The third kappa shape index (κ3) is 2.97. The molecule has 7 nitrogen and oxygen atoms in total. The molecule has 1 heterocycles. The molecule has 1 aromatic rings. The fourth-order valence-corrected chi connectivity index (χ4v) is 2.08. The van der Waals surface area contributed by atoms with E-state index in [1.165, 1.54) is 0 Å². The van der Waals surface area contributed by atoms with Crippen LogP contribution in [0.3, 0.4) is 0 Å². The predicted octanol–water partition coefficient (Wildman–Crippen LogP) is -1.78. The van der Waals surface area contributed by atoms with Crippen LogP contribution in [0.4, 0.5) is 0 Å². The Morgan fingerprint density at radius 2 is 1.80 bits per heavy atom. The van der Waals surface area contributed by atoms with Gasteiger partial charge in [0, 0.05) is 5.56 Å². The highest BCUT2D eigenvalue weighted by molar-refractivity contribution is 5.94. The van der Waals surface area contributed by atoms with Crippen LogP contribution >= 0.6 is 0 Å². The molecule has 5 N–H and O–H groups in total. The van der Waals surface area contributed by atoms with E-state index in [0.29, 0.717) is 5.56 Å². The van der Waals surface area contributed by atoms with Gasteiger partial charge in [-0.15, -0.1) is 0 Å². The van der Waals surface area contributed by atoms with Gasteiger partial charge in [0.2, 0.25) is 0 Å². The summed E-state index contributed by atoms with van der Waals surface area (Å²) in [5.74, 6) is -0.507. The summed E-state index contributed by atoms with van der Waals surface area (Å²) in [6.07, 6.45) is -5.45. The lowest BCUT2D eigenvalue weighted by Gasteiger charge is -2.40. The summed E-state index contributed by atoms with van der Waals surface area (Å²) in [5.41, 5.74) is 0.352. The van der Waals surface area contributed by atoms with Gasteiger partial charge in [0.25, 0.3) is 5.91 Å². The van der Waals surface area contributed by atoms with Crippen molar-refractivity contribution >= 4 is 5.91 Å². The number of hydrogen-bond acceptors (Lipinski definition) is 6. The highest BCUT2D eigenvalue weighted by Gasteiger charge is 2.44. The van der Waals surface area contributed by atoms with E-state index in [2.05, 4.69) is 5.32 Å². The molecule has 7 heteroatoms. The number of amides is 1. The molecule has 0 unspecified atom stereocenters. The van der Waals surface area contributed by atoms with E-state index >= 15 is 0 Å². The van der Waals surface area contributed by atoms with Crippen molar-refractivity contribution in [2.75, 3.05) is 6.61 Å². The number of benzene rings is 1. The fourth-order valence-electron chi connectivity index (χ4n) is 2.08. The molecule has 0 aromatic heterocycles. The zero-order chi connectivity index (χ0) is 14.7. The summed E-state index contributed by atoms with van der Waals surface area (Å²) in [6.45, 7) is -0.547. The molecule has 5 atom stereocenters. The predicted molar refractivity (Wildman–Crippen MR) is 67.7 cm³/mol. The molecular weight excluding hydrogens is 266 g/mol. The zero-order valence-corrected chi connectivity index (χ0v) is 10.6. The van der Waals surface area contributed by atoms with Gasteiger partial charge in [-0.05, 0) is 12.1 Å². The summed E-state index contributed by atoms with van der Waals surface area (Å²) >= 11 is 0. The topological polar surface area (TPSA) is 119 Å². The molecule has 1 aliphatic heterocycles. The number of nitrogens with one attached hydrogen (secondary N) is 1. The van der Waals surface area contributed by atoms with Crippen LogP contribution in [0, 0.1) is 0 Å². The normalized spacial score (nSPS) is 33.7. The standard InChI is InChI=1S/C13H17NO6/c15-6-8-10(16)11(17)9(13(19)20-8)14-12(18)7-4-2-1-3-5-7/h1-5,8-11,13,15-17,19H,6H2,(H,14,18)/t8-,9-,10+,11-,13+/m0/s1. The highest BCUT2D eigenvalue weighted by atomic mass is 16.6. The van der Waals surface area contributed by atoms with Crippen LogP contribution in [0.2, 0.25) is 0 Å². The van der Waals surface area contributed by atoms with Crippen LogP contribution < -0.4 is 5.32 Å². The molecule has 110 valence electrons. The van der Waals surface area contributed by atoms with Crippen LogP contribution in [-0.4, -0.2) is 63.6 Å². The average molecular weight is 283 g/mol. The van der Waals surface area contributed by atoms with Crippen molar-refractivity contribution in [2.24, 2.45) is 0 Å². The molecular formula is C13H17NO6. The molecule has 0 spiro atoms. The Morgan fingerprint density at radius 3 is 2.40 bits per heavy atom. The maximum absolute atomic E-state index is 11.9. The van der Waals surface area contributed by atoms with Crippen molar-refractivity contribution < 1.29 is 30.0 Å². The number of aliphatic hydroxyl groups is 4. The quantitative estimate of drug-likeness (QED) is 0.447. The zero-order valence-electron chi connectivity index (χ0n) is 10.6. The van der Waals surface area contributed by atoms with Gasteiger partial charge >= 0.3 is 0 Å². The molecule has 0 aliphatic carbocycles. The van der Waals surface area contributed by atoms with Crippen LogP contribution in [-0.2, 0) is 4.74 Å². The van der Waals surface area contributed by atoms with E-state index in [1.54, 1.807) is 30.3 Å². The van der Waals surface area contributed by atoms with Gasteiger partial charge in [-0.2, -0.15) is 0 Å². The molecule has 1 saturated heterocycles. The maximum Gasteiger partial charge on any atom is 0.251 e. The first-order valence-corrected chi connectivity index (χ1v) is 6.21. The molecule has 0 bridgehead atoms. The van der Waals surface area contributed by atoms with Crippen LogP contribution in [0.25, 0.3) is 0 Å². The number of rotatable bonds is 3. The molecule has 0 saturated carbocycles. The second-order valence-corrected chi connectivity index (χ2v) is 4.59. The summed E-state index contributed by atoms with van der Waals surface area (Å²) in [4.78, 5) is 11.9. The van der Waals surface area contributed by atoms with Gasteiger partial charge in [0.1, 0.15) is 24.4 Å². The first kappa shape index (κ1) is 14.9. The van der Waals surface area contributed by atoms with Crippen molar-refractivity contribution in [2.45, 2.75) is 30.6 Å². The minimum absolute atomic E-state index is 0.352. The smallest absolute Gasteiger partial charge is 0.251 e. The van der Waals surface area contributed by atoms with Crippen molar-refractivity contribution in [3.05, 3.63) is 35.9 Å². The minimum atomic E-state index is -1.52. The van der Waals surface area contributed by atoms with E-state index in [9.17, 15) is 20.1 Å². The molecule has 1 aliphatic rings. The Morgan fingerprint density at radius 1 is 1.15 bits per heavy atom. The number of hydrogen-bond donors (Lipinski definition) is 5. The number of carbonyl (C=O) groups is 1. The van der Waals surface area contributed by atoms with E-state index in [-0.39, 0.29) is 0 Å². The van der Waals surface area contributed by atoms with Gasteiger partial charge in [-0.3, -0.25) is 4.79 Å². The molecule has 1 fully saturated rings. The lowest BCUT2D eigenvalue weighted by atomic mass is 9.97. The number of carbonyl (C=O) groups excluding carboxylic acids is 1.